The normalized spacial score (nSPS) is 16.3. The van der Waals surface area contributed by atoms with E-state index in [1.165, 1.54) is 43.4 Å². The van der Waals surface area contributed by atoms with E-state index in [-0.39, 0.29) is 11.2 Å². The molecule has 1 unspecified atom stereocenters. The van der Waals surface area contributed by atoms with Gasteiger partial charge in [-0.15, -0.1) is 0 Å². The van der Waals surface area contributed by atoms with Crippen LogP contribution >= 0.6 is 11.8 Å². The van der Waals surface area contributed by atoms with Gasteiger partial charge in [0.15, 0.2) is 5.16 Å². The van der Waals surface area contributed by atoms with E-state index in [1.54, 1.807) is 11.8 Å². The monoisotopic (exact) mass is 385 g/mol. The van der Waals surface area contributed by atoms with Gasteiger partial charge in [0.2, 0.25) is 5.91 Å². The van der Waals surface area contributed by atoms with Gasteiger partial charge in [-0.3, -0.25) is 4.79 Å². The molecular weight excluding hydrogens is 354 g/mol. The fourth-order valence-corrected chi connectivity index (χ4v) is 4.79. The Hall–Kier alpha value is -1.75. The minimum Gasteiger partial charge on any atom is -0.351 e. The molecule has 0 bridgehead atoms. The van der Waals surface area contributed by atoms with Crippen LogP contribution in [0.1, 0.15) is 67.6 Å². The van der Waals surface area contributed by atoms with E-state index in [4.69, 9.17) is 4.98 Å². The maximum absolute atomic E-state index is 12.6. The van der Waals surface area contributed by atoms with Crippen molar-refractivity contribution in [3.63, 3.8) is 0 Å². The summed E-state index contributed by atoms with van der Waals surface area (Å²) in [6.07, 6.45) is 6.36. The number of hydrogen-bond donors (Lipinski definition) is 1. The van der Waals surface area contributed by atoms with Gasteiger partial charge in [-0.05, 0) is 46.1 Å². The summed E-state index contributed by atoms with van der Waals surface area (Å²) in [5.41, 5.74) is 4.68. The number of rotatable bonds is 6. The number of benzene rings is 1. The number of hydrogen-bond acceptors (Lipinski definition) is 3. The van der Waals surface area contributed by atoms with Gasteiger partial charge in [0, 0.05) is 18.3 Å². The predicted octanol–water partition coefficient (Wildman–Crippen LogP) is 5.11. The maximum Gasteiger partial charge on any atom is 0.233 e. The fourth-order valence-electron chi connectivity index (χ4n) is 3.70. The van der Waals surface area contributed by atoms with Crippen molar-refractivity contribution >= 4 is 17.7 Å². The Bertz CT molecular complexity index is 776. The molecule has 1 aromatic heterocycles. The Balaban J connectivity index is 1.64. The van der Waals surface area contributed by atoms with E-state index in [1.807, 2.05) is 6.92 Å². The Morgan fingerprint density at radius 2 is 1.85 bits per heavy atom. The third-order valence-electron chi connectivity index (χ3n) is 5.53. The van der Waals surface area contributed by atoms with E-state index >= 15 is 0 Å². The highest BCUT2D eigenvalue weighted by atomic mass is 32.2. The zero-order chi connectivity index (χ0) is 19.4. The van der Waals surface area contributed by atoms with Crippen molar-refractivity contribution < 1.29 is 4.79 Å². The molecule has 0 spiro atoms. The molecule has 1 heterocycles. The van der Waals surface area contributed by atoms with Crippen molar-refractivity contribution in [3.05, 3.63) is 46.8 Å². The second-order valence-electron chi connectivity index (χ2n) is 7.69. The Morgan fingerprint density at radius 3 is 2.52 bits per heavy atom. The lowest BCUT2D eigenvalue weighted by molar-refractivity contribution is -0.120. The summed E-state index contributed by atoms with van der Waals surface area (Å²) in [6.45, 7) is 8.84. The molecule has 1 fully saturated rings. The van der Waals surface area contributed by atoms with Crippen molar-refractivity contribution in [3.8, 4) is 0 Å². The molecule has 0 radical (unpaired) electrons. The summed E-state index contributed by atoms with van der Waals surface area (Å²) in [7, 11) is 0. The number of carbonyl (C=O) groups excluding carboxylic acids is 1. The third kappa shape index (κ3) is 4.95. The average molecular weight is 386 g/mol. The van der Waals surface area contributed by atoms with Crippen LogP contribution in [0.2, 0.25) is 0 Å². The zero-order valence-electron chi connectivity index (χ0n) is 16.9. The number of thioether (sulfide) groups is 1. The van der Waals surface area contributed by atoms with Gasteiger partial charge in [0.25, 0.3) is 0 Å². The van der Waals surface area contributed by atoms with Crippen molar-refractivity contribution in [1.82, 2.24) is 14.9 Å². The lowest BCUT2D eigenvalue weighted by Crippen LogP contribution is -2.30. The maximum atomic E-state index is 12.6. The second-order valence-corrected chi connectivity index (χ2v) is 9.00. The lowest BCUT2D eigenvalue weighted by atomic mass is 9.95. The number of amides is 1. The topological polar surface area (TPSA) is 46.9 Å². The summed E-state index contributed by atoms with van der Waals surface area (Å²) in [6, 6.07) is 8.81. The van der Waals surface area contributed by atoms with Crippen molar-refractivity contribution in [2.75, 3.05) is 0 Å². The van der Waals surface area contributed by atoms with E-state index in [9.17, 15) is 4.79 Å². The first-order valence-electron chi connectivity index (χ1n) is 10.0. The smallest absolute Gasteiger partial charge is 0.233 e. The molecule has 1 aliphatic carbocycles. The third-order valence-corrected chi connectivity index (χ3v) is 6.60. The SMILES string of the molecule is Cc1ccc(CNC(=O)C(C)Sc2nc(C)c(C)n2C2CCCCC2)cc1. The van der Waals surface area contributed by atoms with Crippen LogP contribution in [-0.4, -0.2) is 20.7 Å². The van der Waals surface area contributed by atoms with Gasteiger partial charge in [0.1, 0.15) is 0 Å². The number of nitrogens with one attached hydrogen (secondary N) is 1. The van der Waals surface area contributed by atoms with Gasteiger partial charge in [-0.25, -0.2) is 4.98 Å². The molecule has 1 amide bonds. The number of nitrogens with zero attached hydrogens (tertiary/aromatic N) is 2. The molecule has 2 aromatic rings. The van der Waals surface area contributed by atoms with E-state index < -0.39 is 0 Å². The van der Waals surface area contributed by atoms with Crippen LogP contribution < -0.4 is 5.32 Å². The molecule has 5 heteroatoms. The quantitative estimate of drug-likeness (QED) is 0.703. The van der Waals surface area contributed by atoms with Crippen LogP contribution in [0, 0.1) is 20.8 Å². The van der Waals surface area contributed by atoms with Crippen molar-refractivity contribution in [1.29, 1.82) is 0 Å². The number of aryl methyl sites for hydroxylation is 2. The zero-order valence-corrected chi connectivity index (χ0v) is 17.7. The van der Waals surface area contributed by atoms with Crippen LogP contribution in [-0.2, 0) is 11.3 Å². The van der Waals surface area contributed by atoms with Crippen LogP contribution in [0.15, 0.2) is 29.4 Å². The molecule has 1 saturated carbocycles. The largest absolute Gasteiger partial charge is 0.351 e. The minimum atomic E-state index is -0.168. The van der Waals surface area contributed by atoms with E-state index in [2.05, 4.69) is 54.9 Å². The van der Waals surface area contributed by atoms with Gasteiger partial charge < -0.3 is 9.88 Å². The second kappa shape index (κ2) is 8.96. The molecule has 4 nitrogen and oxygen atoms in total. The number of aromatic nitrogens is 2. The molecule has 1 aromatic carbocycles. The Labute approximate surface area is 167 Å². The highest BCUT2D eigenvalue weighted by Crippen LogP contribution is 2.35. The van der Waals surface area contributed by atoms with Crippen molar-refractivity contribution in [2.45, 2.75) is 82.8 Å². The molecule has 1 atom stereocenters. The summed E-state index contributed by atoms with van der Waals surface area (Å²) in [5, 5.41) is 3.89. The van der Waals surface area contributed by atoms with Crippen LogP contribution in [0.5, 0.6) is 0 Å². The summed E-state index contributed by atoms with van der Waals surface area (Å²) in [4.78, 5) is 17.4. The van der Waals surface area contributed by atoms with Crippen LogP contribution in [0.4, 0.5) is 0 Å². The van der Waals surface area contributed by atoms with Gasteiger partial charge in [-0.1, -0.05) is 60.9 Å². The first-order chi connectivity index (χ1) is 13.0. The standard InChI is InChI=1S/C22H31N3OS/c1-15-10-12-19(13-11-15)14-23-21(26)18(4)27-22-24-16(2)17(3)25(22)20-8-6-5-7-9-20/h10-13,18,20H,5-9,14H2,1-4H3,(H,23,26). The van der Waals surface area contributed by atoms with Gasteiger partial charge in [0.05, 0.1) is 10.9 Å². The van der Waals surface area contributed by atoms with Gasteiger partial charge in [-0.2, -0.15) is 0 Å². The minimum absolute atomic E-state index is 0.0640. The number of carbonyl (C=O) groups is 1. The van der Waals surface area contributed by atoms with Crippen LogP contribution in [0.25, 0.3) is 0 Å². The molecule has 3 rings (SSSR count). The summed E-state index contributed by atoms with van der Waals surface area (Å²) < 4.78 is 2.39. The molecular formula is C22H31N3OS. The first-order valence-corrected chi connectivity index (χ1v) is 10.9. The van der Waals surface area contributed by atoms with Crippen molar-refractivity contribution in [2.24, 2.45) is 0 Å². The Kier molecular flexibility index (Phi) is 6.64. The van der Waals surface area contributed by atoms with Gasteiger partial charge >= 0.3 is 0 Å². The summed E-state index contributed by atoms with van der Waals surface area (Å²) in [5.74, 6) is 0.0640. The molecule has 1 aliphatic rings. The summed E-state index contributed by atoms with van der Waals surface area (Å²) >= 11 is 1.58. The average Bonchev–Trinajstić information content (AvgIpc) is 2.95. The molecule has 146 valence electrons. The van der Waals surface area contributed by atoms with Crippen LogP contribution in [0.3, 0.4) is 0 Å². The predicted molar refractivity (Wildman–Crippen MR) is 112 cm³/mol. The molecule has 27 heavy (non-hydrogen) atoms. The first kappa shape index (κ1) is 20.0. The van der Waals surface area contributed by atoms with E-state index in [0.29, 0.717) is 12.6 Å². The lowest BCUT2D eigenvalue weighted by Gasteiger charge is -2.26. The highest BCUT2D eigenvalue weighted by molar-refractivity contribution is 8.00. The highest BCUT2D eigenvalue weighted by Gasteiger charge is 2.24. The van der Waals surface area contributed by atoms with E-state index in [0.717, 1.165) is 16.4 Å². The molecule has 0 saturated heterocycles. The molecule has 1 N–H and O–H groups in total. The molecule has 0 aliphatic heterocycles. The fraction of sp³-hybridized carbons (Fsp3) is 0.545. The Morgan fingerprint density at radius 1 is 1.19 bits per heavy atom. The number of imidazole rings is 1.